The molecule has 0 saturated heterocycles. The second-order valence-corrected chi connectivity index (χ2v) is 5.28. The molecule has 0 saturated carbocycles. The van der Waals surface area contributed by atoms with Gasteiger partial charge in [-0.05, 0) is 31.4 Å². The molecule has 0 aliphatic heterocycles. The quantitative estimate of drug-likeness (QED) is 0.793. The second-order valence-electron chi connectivity index (χ2n) is 4.84. The zero-order chi connectivity index (χ0) is 14.3. The van der Waals surface area contributed by atoms with Crippen LogP contribution in [0.15, 0.2) is 12.1 Å². The van der Waals surface area contributed by atoms with Crippen molar-refractivity contribution in [2.24, 2.45) is 11.7 Å². The van der Waals surface area contributed by atoms with Crippen LogP contribution in [-0.2, 0) is 6.42 Å². The maximum absolute atomic E-state index is 6.07. The zero-order valence-corrected chi connectivity index (χ0v) is 12.8. The second kappa shape index (κ2) is 8.28. The lowest BCUT2D eigenvalue weighted by Crippen LogP contribution is -2.12. The number of rotatable bonds is 8. The summed E-state index contributed by atoms with van der Waals surface area (Å²) in [6, 6.07) is 3.68. The third kappa shape index (κ3) is 4.92. The Morgan fingerprint density at radius 1 is 1.37 bits per heavy atom. The number of hydrogen-bond donors (Lipinski definition) is 1. The molecular weight excluding hydrogens is 262 g/mol. The smallest absolute Gasteiger partial charge is 0.164 e. The van der Waals surface area contributed by atoms with Crippen LogP contribution in [0, 0.1) is 5.92 Å². The minimum atomic E-state index is 0.524. The van der Waals surface area contributed by atoms with E-state index in [4.69, 9.17) is 26.8 Å². The van der Waals surface area contributed by atoms with E-state index in [0.717, 1.165) is 30.6 Å². The van der Waals surface area contributed by atoms with E-state index in [1.165, 1.54) is 0 Å². The van der Waals surface area contributed by atoms with Crippen molar-refractivity contribution in [3.05, 3.63) is 22.7 Å². The molecule has 19 heavy (non-hydrogen) atoms. The number of hydrogen-bond acceptors (Lipinski definition) is 3. The van der Waals surface area contributed by atoms with Gasteiger partial charge in [0.05, 0.1) is 13.7 Å². The van der Waals surface area contributed by atoms with Gasteiger partial charge in [0, 0.05) is 16.7 Å². The lowest BCUT2D eigenvalue weighted by atomic mass is 10.1. The summed E-state index contributed by atoms with van der Waals surface area (Å²) in [5.74, 6) is 1.98. The molecule has 0 radical (unpaired) electrons. The SMILES string of the molecule is CCCC(C)COc1c(CCN)cc(Cl)cc1OC. The molecule has 0 aliphatic rings. The molecule has 108 valence electrons. The van der Waals surface area contributed by atoms with Crippen LogP contribution in [0.5, 0.6) is 11.5 Å². The highest BCUT2D eigenvalue weighted by Gasteiger charge is 2.13. The van der Waals surface area contributed by atoms with Gasteiger partial charge in [-0.15, -0.1) is 0 Å². The third-order valence-corrected chi connectivity index (χ3v) is 3.24. The Morgan fingerprint density at radius 2 is 2.11 bits per heavy atom. The van der Waals surface area contributed by atoms with Crippen LogP contribution in [0.2, 0.25) is 5.02 Å². The summed E-state index contributed by atoms with van der Waals surface area (Å²) in [6.45, 7) is 5.61. The first kappa shape index (κ1) is 16.1. The van der Waals surface area contributed by atoms with Crippen LogP contribution >= 0.6 is 11.6 Å². The first-order valence-electron chi connectivity index (χ1n) is 6.81. The van der Waals surface area contributed by atoms with E-state index in [1.54, 1.807) is 13.2 Å². The fraction of sp³-hybridized carbons (Fsp3) is 0.600. The van der Waals surface area contributed by atoms with Crippen LogP contribution < -0.4 is 15.2 Å². The average molecular weight is 286 g/mol. The Hall–Kier alpha value is -0.930. The molecule has 0 amide bonds. The maximum atomic E-state index is 6.07. The van der Waals surface area contributed by atoms with Crippen molar-refractivity contribution in [1.82, 2.24) is 0 Å². The highest BCUT2D eigenvalue weighted by atomic mass is 35.5. The van der Waals surface area contributed by atoms with Gasteiger partial charge < -0.3 is 15.2 Å². The standard InChI is InChI=1S/C15H24ClNO2/c1-4-5-11(2)10-19-15-12(6-7-17)8-13(16)9-14(15)18-3/h8-9,11H,4-7,10,17H2,1-3H3. The number of halogens is 1. The van der Waals surface area contributed by atoms with Crippen molar-refractivity contribution in [3.63, 3.8) is 0 Å². The van der Waals surface area contributed by atoms with Gasteiger partial charge in [-0.1, -0.05) is 31.9 Å². The molecule has 0 fully saturated rings. The predicted octanol–water partition coefficient (Wildman–Crippen LogP) is 3.66. The minimum Gasteiger partial charge on any atom is -0.493 e. The first-order valence-corrected chi connectivity index (χ1v) is 7.19. The first-order chi connectivity index (χ1) is 9.12. The summed E-state index contributed by atoms with van der Waals surface area (Å²) in [4.78, 5) is 0. The minimum absolute atomic E-state index is 0.524. The van der Waals surface area contributed by atoms with Gasteiger partial charge in [-0.3, -0.25) is 0 Å². The summed E-state index contributed by atoms with van der Waals surface area (Å²) in [5, 5.41) is 0.647. The lowest BCUT2D eigenvalue weighted by molar-refractivity contribution is 0.238. The van der Waals surface area contributed by atoms with Gasteiger partial charge in [-0.25, -0.2) is 0 Å². The topological polar surface area (TPSA) is 44.5 Å². The zero-order valence-electron chi connectivity index (χ0n) is 12.0. The van der Waals surface area contributed by atoms with Crippen LogP contribution in [0.4, 0.5) is 0 Å². The van der Waals surface area contributed by atoms with Gasteiger partial charge in [0.15, 0.2) is 11.5 Å². The van der Waals surface area contributed by atoms with Crippen molar-refractivity contribution < 1.29 is 9.47 Å². The van der Waals surface area contributed by atoms with Crippen molar-refractivity contribution in [2.45, 2.75) is 33.1 Å². The Balaban J connectivity index is 2.89. The molecule has 3 nitrogen and oxygen atoms in total. The van der Waals surface area contributed by atoms with Gasteiger partial charge in [0.1, 0.15) is 0 Å². The number of benzene rings is 1. The fourth-order valence-corrected chi connectivity index (χ4v) is 2.31. The van der Waals surface area contributed by atoms with Crippen molar-refractivity contribution in [3.8, 4) is 11.5 Å². The molecule has 4 heteroatoms. The summed E-state index contributed by atoms with van der Waals surface area (Å²) in [7, 11) is 1.63. The van der Waals surface area contributed by atoms with Crippen molar-refractivity contribution in [2.75, 3.05) is 20.3 Å². The molecule has 2 N–H and O–H groups in total. The molecule has 1 unspecified atom stereocenters. The Bertz CT molecular complexity index is 396. The van der Waals surface area contributed by atoms with Crippen molar-refractivity contribution >= 4 is 11.6 Å². The average Bonchev–Trinajstić information content (AvgIpc) is 2.37. The van der Waals surface area contributed by atoms with Crippen molar-refractivity contribution in [1.29, 1.82) is 0 Å². The summed E-state index contributed by atoms with van der Waals surface area (Å²) in [5.41, 5.74) is 6.65. The Labute approximate surface area is 121 Å². The van der Waals surface area contributed by atoms with E-state index in [0.29, 0.717) is 29.8 Å². The largest absolute Gasteiger partial charge is 0.493 e. The molecule has 0 spiro atoms. The molecule has 0 heterocycles. The summed E-state index contributed by atoms with van der Waals surface area (Å²) < 4.78 is 11.3. The molecule has 1 aromatic rings. The Kier molecular flexibility index (Phi) is 7.03. The molecule has 1 atom stereocenters. The molecular formula is C15H24ClNO2. The highest BCUT2D eigenvalue weighted by Crippen LogP contribution is 2.35. The predicted molar refractivity (Wildman–Crippen MR) is 80.3 cm³/mol. The molecule has 1 rings (SSSR count). The molecule has 0 aromatic heterocycles. The van der Waals surface area contributed by atoms with Gasteiger partial charge in [-0.2, -0.15) is 0 Å². The van der Waals surface area contributed by atoms with Crippen LogP contribution in [-0.4, -0.2) is 20.3 Å². The van der Waals surface area contributed by atoms with Crippen LogP contribution in [0.1, 0.15) is 32.3 Å². The third-order valence-electron chi connectivity index (χ3n) is 3.02. The van der Waals surface area contributed by atoms with Gasteiger partial charge in [0.2, 0.25) is 0 Å². The number of nitrogens with two attached hydrogens (primary N) is 1. The van der Waals surface area contributed by atoms with E-state index in [2.05, 4.69) is 13.8 Å². The van der Waals surface area contributed by atoms with E-state index in [-0.39, 0.29) is 0 Å². The normalized spacial score (nSPS) is 12.3. The molecule has 1 aromatic carbocycles. The van der Waals surface area contributed by atoms with Gasteiger partial charge >= 0.3 is 0 Å². The van der Waals surface area contributed by atoms with E-state index in [9.17, 15) is 0 Å². The highest BCUT2D eigenvalue weighted by molar-refractivity contribution is 6.30. The number of methoxy groups -OCH3 is 1. The van der Waals surface area contributed by atoms with Gasteiger partial charge in [0.25, 0.3) is 0 Å². The van der Waals surface area contributed by atoms with Crippen LogP contribution in [0.3, 0.4) is 0 Å². The summed E-state index contributed by atoms with van der Waals surface area (Å²) in [6.07, 6.45) is 3.05. The lowest BCUT2D eigenvalue weighted by Gasteiger charge is -2.18. The summed E-state index contributed by atoms with van der Waals surface area (Å²) >= 11 is 6.07. The number of ether oxygens (including phenoxy) is 2. The fourth-order valence-electron chi connectivity index (χ4n) is 2.08. The van der Waals surface area contributed by atoms with E-state index >= 15 is 0 Å². The monoisotopic (exact) mass is 285 g/mol. The van der Waals surface area contributed by atoms with E-state index < -0.39 is 0 Å². The Morgan fingerprint density at radius 3 is 2.68 bits per heavy atom. The van der Waals surface area contributed by atoms with E-state index in [1.807, 2.05) is 6.07 Å². The maximum Gasteiger partial charge on any atom is 0.164 e. The molecule has 0 bridgehead atoms. The van der Waals surface area contributed by atoms with Crippen LogP contribution in [0.25, 0.3) is 0 Å². The molecule has 0 aliphatic carbocycles.